The number of rotatable bonds is 7. The number of carbonyl (C=O) groups excluding carboxylic acids is 3. The summed E-state index contributed by atoms with van der Waals surface area (Å²) in [6.07, 6.45) is 3.69. The molecule has 0 radical (unpaired) electrons. The van der Waals surface area contributed by atoms with Crippen LogP contribution in [0.2, 0.25) is 0 Å². The van der Waals surface area contributed by atoms with Crippen LogP contribution in [0.15, 0.2) is 24.5 Å². The number of pyridine rings is 1. The molecule has 0 spiro atoms. The Balaban J connectivity index is 1.81. The largest absolute Gasteiger partial charge is 0.480 e. The van der Waals surface area contributed by atoms with Gasteiger partial charge in [-0.3, -0.25) is 9.59 Å². The van der Waals surface area contributed by atoms with Crippen LogP contribution in [0.5, 0.6) is 5.75 Å². The van der Waals surface area contributed by atoms with Crippen molar-refractivity contribution in [2.45, 2.75) is 20.8 Å². The van der Waals surface area contributed by atoms with Gasteiger partial charge >= 0.3 is 5.97 Å². The average Bonchev–Trinajstić information content (AvgIpc) is 3.25. The molecule has 3 heterocycles. The van der Waals surface area contributed by atoms with Gasteiger partial charge in [-0.1, -0.05) is 0 Å². The minimum atomic E-state index is -0.595. The van der Waals surface area contributed by atoms with E-state index in [2.05, 4.69) is 10.3 Å². The fraction of sp³-hybridized carbons (Fsp3) is 0.333. The molecule has 0 aromatic carbocycles. The van der Waals surface area contributed by atoms with Gasteiger partial charge in [0.2, 0.25) is 0 Å². The van der Waals surface area contributed by atoms with Gasteiger partial charge < -0.3 is 24.1 Å². The Morgan fingerprint density at radius 1 is 1.26 bits per heavy atom. The summed E-state index contributed by atoms with van der Waals surface area (Å²) in [6, 6.07) is 3.52. The van der Waals surface area contributed by atoms with Crippen LogP contribution < -0.4 is 10.1 Å². The monoisotopic (exact) mass is 444 g/mol. The van der Waals surface area contributed by atoms with Gasteiger partial charge in [-0.15, -0.1) is 11.3 Å². The van der Waals surface area contributed by atoms with Crippen molar-refractivity contribution < 1.29 is 23.9 Å². The highest BCUT2D eigenvalue weighted by atomic mass is 32.1. The molecular formula is C21H24N4O5S. The van der Waals surface area contributed by atoms with E-state index in [-0.39, 0.29) is 29.7 Å². The maximum Gasteiger partial charge on any atom is 0.341 e. The van der Waals surface area contributed by atoms with Crippen LogP contribution in [-0.4, -0.2) is 59.4 Å². The number of hydrogen-bond donors (Lipinski definition) is 1. The number of imidazole rings is 1. The van der Waals surface area contributed by atoms with E-state index in [1.165, 1.54) is 4.90 Å². The summed E-state index contributed by atoms with van der Waals surface area (Å²) < 4.78 is 12.6. The predicted molar refractivity (Wildman–Crippen MR) is 117 cm³/mol. The number of amides is 2. The standard InChI is InChI=1S/C21H24N4O5S/c1-6-29-21(28)16-13(3)17(20(27)24(4)5)31-19(16)23-15(26)11-30-14-8-7-9-25-10-12(2)22-18(14)25/h7-10H,6,11H2,1-5H3,(H,23,26). The Morgan fingerprint density at radius 3 is 2.68 bits per heavy atom. The molecule has 0 saturated carbocycles. The van der Waals surface area contributed by atoms with Gasteiger partial charge in [-0.05, 0) is 38.5 Å². The van der Waals surface area contributed by atoms with Crippen LogP contribution >= 0.6 is 11.3 Å². The molecule has 3 rings (SSSR count). The van der Waals surface area contributed by atoms with E-state index in [4.69, 9.17) is 9.47 Å². The van der Waals surface area contributed by atoms with Gasteiger partial charge in [0.25, 0.3) is 11.8 Å². The highest BCUT2D eigenvalue weighted by molar-refractivity contribution is 7.18. The van der Waals surface area contributed by atoms with Gasteiger partial charge in [0.1, 0.15) is 5.00 Å². The number of fused-ring (bicyclic) bond motifs is 1. The highest BCUT2D eigenvalue weighted by Crippen LogP contribution is 2.34. The number of esters is 1. The zero-order chi connectivity index (χ0) is 22.7. The molecule has 0 fully saturated rings. The van der Waals surface area contributed by atoms with E-state index >= 15 is 0 Å². The van der Waals surface area contributed by atoms with Crippen LogP contribution in [0.25, 0.3) is 5.65 Å². The molecule has 10 heteroatoms. The highest BCUT2D eigenvalue weighted by Gasteiger charge is 2.27. The molecule has 0 atom stereocenters. The number of hydrogen-bond acceptors (Lipinski definition) is 7. The van der Waals surface area contributed by atoms with Crippen molar-refractivity contribution >= 4 is 39.8 Å². The van der Waals surface area contributed by atoms with E-state index in [0.29, 0.717) is 21.8 Å². The van der Waals surface area contributed by atoms with Gasteiger partial charge in [0, 0.05) is 26.5 Å². The summed E-state index contributed by atoms with van der Waals surface area (Å²) in [5, 5.41) is 2.94. The number of nitrogens with zero attached hydrogens (tertiary/aromatic N) is 3. The van der Waals surface area contributed by atoms with Crippen molar-refractivity contribution in [3.8, 4) is 5.75 Å². The van der Waals surface area contributed by atoms with Crippen molar-refractivity contribution in [2.75, 3.05) is 32.6 Å². The number of ether oxygens (including phenoxy) is 2. The first kappa shape index (κ1) is 22.3. The van der Waals surface area contributed by atoms with Gasteiger partial charge in [0.05, 0.1) is 22.7 Å². The van der Waals surface area contributed by atoms with Crippen molar-refractivity contribution in [2.24, 2.45) is 0 Å². The first-order chi connectivity index (χ1) is 14.7. The Labute approximate surface area is 183 Å². The lowest BCUT2D eigenvalue weighted by Gasteiger charge is -2.09. The number of thiophene rings is 1. The van der Waals surface area contributed by atoms with Crippen molar-refractivity contribution in [3.05, 3.63) is 46.2 Å². The molecule has 2 amide bonds. The number of aromatic nitrogens is 2. The van der Waals surface area contributed by atoms with Gasteiger partial charge in [0.15, 0.2) is 18.0 Å². The molecule has 0 aliphatic heterocycles. The Bertz CT molecular complexity index is 1150. The topological polar surface area (TPSA) is 102 Å². The first-order valence-electron chi connectivity index (χ1n) is 9.62. The Morgan fingerprint density at radius 2 is 2.00 bits per heavy atom. The number of nitrogens with one attached hydrogen (secondary N) is 1. The SMILES string of the molecule is CCOC(=O)c1c(NC(=O)COc2cccn3cc(C)nc23)sc(C(=O)N(C)C)c1C. The summed E-state index contributed by atoms with van der Waals surface area (Å²) >= 11 is 1.04. The molecule has 3 aromatic rings. The molecular weight excluding hydrogens is 420 g/mol. The molecule has 0 aliphatic rings. The lowest BCUT2D eigenvalue weighted by atomic mass is 10.1. The normalized spacial score (nSPS) is 10.7. The van der Waals surface area contributed by atoms with Gasteiger partial charge in [-0.25, -0.2) is 9.78 Å². The average molecular weight is 445 g/mol. The quantitative estimate of drug-likeness (QED) is 0.562. The molecule has 9 nitrogen and oxygen atoms in total. The third kappa shape index (κ3) is 4.69. The second kappa shape index (κ2) is 9.17. The molecule has 0 bridgehead atoms. The van der Waals surface area contributed by atoms with E-state index in [1.54, 1.807) is 40.1 Å². The summed E-state index contributed by atoms with van der Waals surface area (Å²) in [7, 11) is 3.24. The van der Waals surface area contributed by atoms with E-state index < -0.39 is 11.9 Å². The minimum Gasteiger partial charge on any atom is -0.480 e. The second-order valence-corrected chi connectivity index (χ2v) is 8.02. The number of aryl methyl sites for hydroxylation is 1. The van der Waals surface area contributed by atoms with Crippen LogP contribution in [0.1, 0.15) is 38.2 Å². The van der Waals surface area contributed by atoms with E-state index in [1.807, 2.05) is 23.7 Å². The van der Waals surface area contributed by atoms with Crippen molar-refractivity contribution in [3.63, 3.8) is 0 Å². The first-order valence-corrected chi connectivity index (χ1v) is 10.4. The number of carbonyl (C=O) groups is 3. The zero-order valence-corrected chi connectivity index (χ0v) is 18.8. The summed E-state index contributed by atoms with van der Waals surface area (Å²) in [4.78, 5) is 43.7. The molecule has 0 aliphatic carbocycles. The van der Waals surface area contributed by atoms with Crippen LogP contribution in [0.3, 0.4) is 0 Å². The zero-order valence-electron chi connectivity index (χ0n) is 18.0. The summed E-state index contributed by atoms with van der Waals surface area (Å²) in [5.74, 6) is -0.864. The van der Waals surface area contributed by atoms with Gasteiger partial charge in [-0.2, -0.15) is 0 Å². The maximum atomic E-state index is 12.6. The fourth-order valence-electron chi connectivity index (χ4n) is 2.99. The maximum absolute atomic E-state index is 12.6. The molecule has 0 unspecified atom stereocenters. The minimum absolute atomic E-state index is 0.176. The van der Waals surface area contributed by atoms with Crippen LogP contribution in [0, 0.1) is 13.8 Å². The van der Waals surface area contributed by atoms with Crippen molar-refractivity contribution in [1.82, 2.24) is 14.3 Å². The lowest BCUT2D eigenvalue weighted by Crippen LogP contribution is -2.21. The molecule has 3 aromatic heterocycles. The second-order valence-electron chi connectivity index (χ2n) is 7.00. The van der Waals surface area contributed by atoms with Crippen LogP contribution in [-0.2, 0) is 9.53 Å². The Kier molecular flexibility index (Phi) is 6.59. The van der Waals surface area contributed by atoms with E-state index in [9.17, 15) is 14.4 Å². The smallest absolute Gasteiger partial charge is 0.341 e. The third-order valence-corrected chi connectivity index (χ3v) is 5.60. The van der Waals surface area contributed by atoms with Crippen LogP contribution in [0.4, 0.5) is 5.00 Å². The molecule has 164 valence electrons. The lowest BCUT2D eigenvalue weighted by molar-refractivity contribution is -0.118. The fourth-order valence-corrected chi connectivity index (χ4v) is 4.22. The molecule has 31 heavy (non-hydrogen) atoms. The summed E-state index contributed by atoms with van der Waals surface area (Å²) in [6.45, 7) is 5.10. The van der Waals surface area contributed by atoms with E-state index in [0.717, 1.165) is 17.0 Å². The molecule has 0 saturated heterocycles. The van der Waals surface area contributed by atoms with Crippen molar-refractivity contribution in [1.29, 1.82) is 0 Å². The summed E-state index contributed by atoms with van der Waals surface area (Å²) in [5.41, 5.74) is 2.07. The third-order valence-electron chi connectivity index (χ3n) is 4.41. The predicted octanol–water partition coefficient (Wildman–Crippen LogP) is 2.91. The molecule has 1 N–H and O–H groups in total. The Hall–Kier alpha value is -3.40. The number of anilines is 1.